The number of carbonyl (C=O) groups is 1. The van der Waals surface area contributed by atoms with Gasteiger partial charge in [-0.25, -0.2) is 10.0 Å². The van der Waals surface area contributed by atoms with Crippen LogP contribution < -0.4 is 4.90 Å². The van der Waals surface area contributed by atoms with Crippen molar-refractivity contribution in [3.05, 3.63) is 34.7 Å². The largest absolute Gasteiger partial charge is 0.378 e. The summed E-state index contributed by atoms with van der Waals surface area (Å²) in [5.74, 6) is 0.0126. The molecular formula is C17H21N3OS2. The number of carbonyl (C=O) groups excluding carboxylic acids is 1. The van der Waals surface area contributed by atoms with Crippen molar-refractivity contribution in [2.45, 2.75) is 19.3 Å². The van der Waals surface area contributed by atoms with Gasteiger partial charge in [-0.1, -0.05) is 42.5 Å². The molecule has 4 nitrogen and oxygen atoms in total. The zero-order valence-corrected chi connectivity index (χ0v) is 15.1. The summed E-state index contributed by atoms with van der Waals surface area (Å²) in [6, 6.07) is 8.17. The molecule has 23 heavy (non-hydrogen) atoms. The van der Waals surface area contributed by atoms with Gasteiger partial charge in [0.05, 0.1) is 4.91 Å². The molecule has 1 amide bonds. The Balaban J connectivity index is 1.78. The number of thioether (sulfide) groups is 1. The molecule has 0 bridgehead atoms. The summed E-state index contributed by atoms with van der Waals surface area (Å²) in [6.45, 7) is 1.83. The Morgan fingerprint density at radius 3 is 2.39 bits per heavy atom. The smallest absolute Gasteiger partial charge is 0.280 e. The maximum absolute atomic E-state index is 12.7. The minimum Gasteiger partial charge on any atom is -0.378 e. The molecule has 2 fully saturated rings. The fraction of sp³-hybridized carbons (Fsp3) is 0.412. The predicted molar refractivity (Wildman–Crippen MR) is 101 cm³/mol. The topological polar surface area (TPSA) is 26.8 Å². The molecule has 1 aromatic rings. The third-order valence-electron chi connectivity index (χ3n) is 4.10. The van der Waals surface area contributed by atoms with E-state index in [1.165, 1.54) is 18.2 Å². The maximum Gasteiger partial charge on any atom is 0.280 e. The highest BCUT2D eigenvalue weighted by Crippen LogP contribution is 2.34. The summed E-state index contributed by atoms with van der Waals surface area (Å²) < 4.78 is 0.646. The summed E-state index contributed by atoms with van der Waals surface area (Å²) in [6.07, 6.45) is 5.42. The minimum atomic E-state index is 0.0126. The van der Waals surface area contributed by atoms with Crippen molar-refractivity contribution in [2.24, 2.45) is 0 Å². The van der Waals surface area contributed by atoms with Gasteiger partial charge >= 0.3 is 0 Å². The molecule has 0 radical (unpaired) electrons. The number of nitrogens with zero attached hydrogens (tertiary/aromatic N) is 3. The standard InChI is InChI=1S/C17H21N3OS2/c1-18(2)14-8-6-13(7-9-14)12-15-16(21)20(17(22)23-15)19-10-4-3-5-11-19/h6-9,12H,3-5,10-11H2,1-2H3/b15-12+. The van der Waals surface area contributed by atoms with Crippen molar-refractivity contribution >= 4 is 46.0 Å². The number of anilines is 1. The van der Waals surface area contributed by atoms with Gasteiger partial charge in [0.2, 0.25) is 0 Å². The molecule has 2 aliphatic heterocycles. The van der Waals surface area contributed by atoms with Gasteiger partial charge in [-0.2, -0.15) is 0 Å². The quantitative estimate of drug-likeness (QED) is 0.617. The van der Waals surface area contributed by atoms with Crippen LogP contribution in [0.3, 0.4) is 0 Å². The van der Waals surface area contributed by atoms with E-state index in [2.05, 4.69) is 22.0 Å². The first-order valence-electron chi connectivity index (χ1n) is 7.86. The van der Waals surface area contributed by atoms with E-state index in [-0.39, 0.29) is 5.91 Å². The van der Waals surface area contributed by atoms with E-state index in [0.717, 1.165) is 37.2 Å². The Morgan fingerprint density at radius 1 is 1.13 bits per heavy atom. The Bertz CT molecular complexity index is 634. The molecule has 1 aromatic carbocycles. The molecule has 122 valence electrons. The number of hydrogen-bond donors (Lipinski definition) is 0. The molecule has 0 aliphatic carbocycles. The zero-order chi connectivity index (χ0) is 16.4. The highest BCUT2D eigenvalue weighted by molar-refractivity contribution is 8.26. The van der Waals surface area contributed by atoms with Gasteiger partial charge in [-0.3, -0.25) is 4.79 Å². The van der Waals surface area contributed by atoms with E-state index in [1.54, 1.807) is 5.01 Å². The molecular weight excluding hydrogens is 326 g/mol. The Kier molecular flexibility index (Phi) is 5.04. The SMILES string of the molecule is CN(C)c1ccc(/C=C2/SC(=S)N(N3CCCCC3)C2=O)cc1. The highest BCUT2D eigenvalue weighted by Gasteiger charge is 2.36. The second-order valence-corrected chi connectivity index (χ2v) is 7.67. The molecule has 0 unspecified atom stereocenters. The number of hydrogen-bond acceptors (Lipinski definition) is 5. The first-order valence-corrected chi connectivity index (χ1v) is 9.09. The van der Waals surface area contributed by atoms with Crippen LogP contribution in [0.5, 0.6) is 0 Å². The second-order valence-electron chi connectivity index (χ2n) is 5.99. The summed E-state index contributed by atoms with van der Waals surface area (Å²) in [5.41, 5.74) is 2.16. The van der Waals surface area contributed by atoms with Crippen molar-refractivity contribution in [1.29, 1.82) is 0 Å². The van der Waals surface area contributed by atoms with Crippen molar-refractivity contribution in [1.82, 2.24) is 10.0 Å². The predicted octanol–water partition coefficient (Wildman–Crippen LogP) is 3.35. The van der Waals surface area contributed by atoms with Gasteiger partial charge in [-0.15, -0.1) is 0 Å². The average molecular weight is 348 g/mol. The summed E-state index contributed by atoms with van der Waals surface area (Å²) >= 11 is 6.82. The van der Waals surface area contributed by atoms with Crippen LogP contribution in [0.25, 0.3) is 6.08 Å². The number of rotatable bonds is 3. The van der Waals surface area contributed by atoms with E-state index in [9.17, 15) is 4.79 Å². The lowest BCUT2D eigenvalue weighted by Gasteiger charge is -2.33. The van der Waals surface area contributed by atoms with Gasteiger partial charge in [0.25, 0.3) is 5.91 Å². The van der Waals surface area contributed by atoms with Crippen molar-refractivity contribution in [3.8, 4) is 0 Å². The fourth-order valence-corrected chi connectivity index (χ4v) is 4.11. The van der Waals surface area contributed by atoms with E-state index < -0.39 is 0 Å². The van der Waals surface area contributed by atoms with E-state index in [4.69, 9.17) is 12.2 Å². The average Bonchev–Trinajstić information content (AvgIpc) is 2.82. The van der Waals surface area contributed by atoms with Gasteiger partial charge in [0, 0.05) is 32.9 Å². The first kappa shape index (κ1) is 16.5. The lowest BCUT2D eigenvalue weighted by Crippen LogP contribution is -2.47. The molecule has 0 N–H and O–H groups in total. The summed E-state index contributed by atoms with van der Waals surface area (Å²) in [4.78, 5) is 15.5. The van der Waals surface area contributed by atoms with E-state index in [1.807, 2.05) is 32.3 Å². The first-order chi connectivity index (χ1) is 11.1. The normalized spacial score (nSPS) is 21.3. The van der Waals surface area contributed by atoms with Gasteiger partial charge in [-0.05, 0) is 36.6 Å². The van der Waals surface area contributed by atoms with Crippen LogP contribution in [0.15, 0.2) is 29.2 Å². The van der Waals surface area contributed by atoms with Gasteiger partial charge in [0.15, 0.2) is 4.32 Å². The number of thiocarbonyl (C=S) groups is 1. The molecule has 2 saturated heterocycles. The molecule has 0 spiro atoms. The van der Waals surface area contributed by atoms with Crippen LogP contribution in [0, 0.1) is 0 Å². The Labute approximate surface area is 147 Å². The number of benzene rings is 1. The molecule has 0 atom stereocenters. The van der Waals surface area contributed by atoms with E-state index in [0.29, 0.717) is 9.23 Å². The zero-order valence-electron chi connectivity index (χ0n) is 13.5. The van der Waals surface area contributed by atoms with Crippen LogP contribution in [-0.2, 0) is 4.79 Å². The third kappa shape index (κ3) is 3.59. The second kappa shape index (κ2) is 7.03. The molecule has 2 heterocycles. The molecule has 0 aromatic heterocycles. The third-order valence-corrected chi connectivity index (χ3v) is 5.38. The maximum atomic E-state index is 12.7. The van der Waals surface area contributed by atoms with Crippen molar-refractivity contribution in [2.75, 3.05) is 32.1 Å². The van der Waals surface area contributed by atoms with Crippen LogP contribution in [-0.4, -0.2) is 47.4 Å². The summed E-state index contributed by atoms with van der Waals surface area (Å²) in [7, 11) is 4.03. The van der Waals surface area contributed by atoms with Gasteiger partial charge < -0.3 is 4.90 Å². The van der Waals surface area contributed by atoms with Crippen molar-refractivity contribution in [3.63, 3.8) is 0 Å². The lowest BCUT2D eigenvalue weighted by molar-refractivity contribution is -0.134. The number of hydrazine groups is 1. The molecule has 2 aliphatic rings. The van der Waals surface area contributed by atoms with Crippen LogP contribution in [0.4, 0.5) is 5.69 Å². The Morgan fingerprint density at radius 2 is 1.78 bits per heavy atom. The van der Waals surface area contributed by atoms with Crippen LogP contribution >= 0.6 is 24.0 Å². The highest BCUT2D eigenvalue weighted by atomic mass is 32.2. The van der Waals surface area contributed by atoms with Crippen LogP contribution in [0.1, 0.15) is 24.8 Å². The lowest BCUT2D eigenvalue weighted by atomic mass is 10.1. The summed E-state index contributed by atoms with van der Waals surface area (Å²) in [5, 5.41) is 3.79. The molecule has 3 rings (SSSR count). The van der Waals surface area contributed by atoms with E-state index >= 15 is 0 Å². The van der Waals surface area contributed by atoms with Crippen LogP contribution in [0.2, 0.25) is 0 Å². The Hall–Kier alpha value is -1.37. The monoisotopic (exact) mass is 347 g/mol. The number of piperidine rings is 1. The molecule has 0 saturated carbocycles. The van der Waals surface area contributed by atoms with Crippen molar-refractivity contribution < 1.29 is 4.79 Å². The van der Waals surface area contributed by atoms with Gasteiger partial charge in [0.1, 0.15) is 0 Å². The fourth-order valence-electron chi connectivity index (χ4n) is 2.80. The minimum absolute atomic E-state index is 0.0126. The number of amides is 1. The molecule has 6 heteroatoms.